The maximum atomic E-state index is 4.99. The first-order valence-corrected chi connectivity index (χ1v) is 13.3. The van der Waals surface area contributed by atoms with Crippen molar-refractivity contribution in [2.45, 2.75) is 96.1 Å². The van der Waals surface area contributed by atoms with Gasteiger partial charge in [0.1, 0.15) is 5.65 Å². The number of aromatic nitrogens is 3. The lowest BCUT2D eigenvalue weighted by Gasteiger charge is -2.24. The first kappa shape index (κ1) is 22.2. The molecule has 0 amide bonds. The Morgan fingerprint density at radius 2 is 1.67 bits per heavy atom. The first-order chi connectivity index (χ1) is 16.3. The molecule has 0 radical (unpaired) electrons. The molecular weight excluding hydrogens is 406 g/mol. The molecule has 5 rings (SSSR count). The van der Waals surface area contributed by atoms with Crippen LogP contribution in [-0.4, -0.2) is 27.1 Å². The number of rotatable bonds is 8. The highest BCUT2D eigenvalue weighted by molar-refractivity contribution is 5.94. The molecule has 2 aliphatic rings. The van der Waals surface area contributed by atoms with Crippen LogP contribution < -0.4 is 10.6 Å². The second kappa shape index (κ2) is 10.6. The van der Waals surface area contributed by atoms with Crippen molar-refractivity contribution in [2.24, 2.45) is 0 Å². The van der Waals surface area contributed by atoms with Gasteiger partial charge in [-0.1, -0.05) is 64.0 Å². The summed E-state index contributed by atoms with van der Waals surface area (Å²) in [7, 11) is 0. The third-order valence-corrected chi connectivity index (χ3v) is 7.52. The Labute approximate surface area is 198 Å². The summed E-state index contributed by atoms with van der Waals surface area (Å²) >= 11 is 0. The average Bonchev–Trinajstić information content (AvgIpc) is 3.25. The van der Waals surface area contributed by atoms with Crippen LogP contribution in [0.2, 0.25) is 0 Å². The van der Waals surface area contributed by atoms with E-state index in [0.29, 0.717) is 12.1 Å². The van der Waals surface area contributed by atoms with Crippen LogP contribution >= 0.6 is 0 Å². The van der Waals surface area contributed by atoms with Gasteiger partial charge in [0.05, 0.1) is 0 Å². The zero-order valence-electron chi connectivity index (χ0n) is 20.2. The molecule has 0 saturated heterocycles. The zero-order valence-corrected chi connectivity index (χ0v) is 20.2. The number of nitrogens with zero attached hydrogens (tertiary/aromatic N) is 3. The topological polar surface area (TPSA) is 54.8 Å². The average molecular weight is 446 g/mol. The van der Waals surface area contributed by atoms with Gasteiger partial charge in [0, 0.05) is 47.7 Å². The maximum Gasteiger partial charge on any atom is 0.224 e. The predicted octanol–water partition coefficient (Wildman–Crippen LogP) is 7.56. The van der Waals surface area contributed by atoms with Crippen LogP contribution in [0.3, 0.4) is 0 Å². The van der Waals surface area contributed by atoms with Crippen LogP contribution in [-0.2, 0) is 0 Å². The van der Waals surface area contributed by atoms with Gasteiger partial charge in [-0.15, -0.1) is 0 Å². The molecule has 33 heavy (non-hydrogen) atoms. The van der Waals surface area contributed by atoms with Crippen molar-refractivity contribution in [1.82, 2.24) is 14.5 Å². The van der Waals surface area contributed by atoms with Crippen LogP contribution in [0.1, 0.15) is 90.0 Å². The molecule has 2 N–H and O–H groups in total. The van der Waals surface area contributed by atoms with Crippen molar-refractivity contribution in [3.8, 4) is 11.1 Å². The third-order valence-electron chi connectivity index (χ3n) is 7.52. The van der Waals surface area contributed by atoms with Gasteiger partial charge >= 0.3 is 0 Å². The van der Waals surface area contributed by atoms with E-state index in [1.165, 1.54) is 87.4 Å². The molecule has 2 aliphatic carbocycles. The summed E-state index contributed by atoms with van der Waals surface area (Å²) in [6, 6.07) is 10.2. The summed E-state index contributed by atoms with van der Waals surface area (Å²) in [4.78, 5) is 9.66. The molecule has 2 aromatic heterocycles. The van der Waals surface area contributed by atoms with Crippen LogP contribution in [0.15, 0.2) is 36.7 Å². The number of fused-ring (bicyclic) bond motifs is 1. The Bertz CT molecular complexity index is 1030. The smallest absolute Gasteiger partial charge is 0.224 e. The highest BCUT2D eigenvalue weighted by atomic mass is 15.2. The summed E-state index contributed by atoms with van der Waals surface area (Å²) < 4.78 is 2.45. The fourth-order valence-corrected chi connectivity index (χ4v) is 5.59. The van der Waals surface area contributed by atoms with Crippen molar-refractivity contribution in [2.75, 3.05) is 17.2 Å². The van der Waals surface area contributed by atoms with Gasteiger partial charge in [-0.05, 0) is 49.8 Å². The first-order valence-electron chi connectivity index (χ1n) is 13.3. The van der Waals surface area contributed by atoms with Crippen molar-refractivity contribution >= 4 is 22.7 Å². The van der Waals surface area contributed by atoms with Gasteiger partial charge in [-0.25, -0.2) is 4.98 Å². The standard InChI is InChI=1S/C28H39N5/c1-2-3-18-29-28-30-19-25-26(20-33(27(25)32-28)24-12-8-5-9-13-24)21-14-16-23(17-15-21)31-22-10-6-4-7-11-22/h14-17,19-20,22,24,31H,2-13,18H2,1H3,(H,29,30,32). The molecule has 3 aromatic rings. The van der Waals surface area contributed by atoms with Gasteiger partial charge in [0.25, 0.3) is 0 Å². The van der Waals surface area contributed by atoms with Gasteiger partial charge in [-0.2, -0.15) is 4.98 Å². The Hall–Kier alpha value is -2.56. The van der Waals surface area contributed by atoms with Crippen molar-refractivity contribution in [1.29, 1.82) is 0 Å². The highest BCUT2D eigenvalue weighted by Gasteiger charge is 2.21. The number of hydrogen-bond acceptors (Lipinski definition) is 4. The fraction of sp³-hybridized carbons (Fsp3) is 0.571. The SMILES string of the molecule is CCCCNc1ncc2c(-c3ccc(NC4CCCCC4)cc3)cn(C3CCCCC3)c2n1. The van der Waals surface area contributed by atoms with E-state index in [9.17, 15) is 0 Å². The minimum absolute atomic E-state index is 0.542. The van der Waals surface area contributed by atoms with Crippen LogP contribution in [0.25, 0.3) is 22.2 Å². The lowest BCUT2D eigenvalue weighted by Crippen LogP contribution is -2.22. The van der Waals surface area contributed by atoms with Gasteiger partial charge in [-0.3, -0.25) is 0 Å². The van der Waals surface area contributed by atoms with Crippen LogP contribution in [0.4, 0.5) is 11.6 Å². The molecular formula is C28H39N5. The Morgan fingerprint density at radius 3 is 2.39 bits per heavy atom. The van der Waals surface area contributed by atoms with Crippen molar-refractivity contribution in [3.05, 3.63) is 36.7 Å². The van der Waals surface area contributed by atoms with Gasteiger partial charge in [0.2, 0.25) is 5.95 Å². The molecule has 0 bridgehead atoms. The molecule has 0 aliphatic heterocycles. The maximum absolute atomic E-state index is 4.99. The summed E-state index contributed by atoms with van der Waals surface area (Å²) in [6.07, 6.45) is 19.8. The van der Waals surface area contributed by atoms with Crippen molar-refractivity contribution < 1.29 is 0 Å². The van der Waals surface area contributed by atoms with E-state index < -0.39 is 0 Å². The fourth-order valence-electron chi connectivity index (χ4n) is 5.59. The Morgan fingerprint density at radius 1 is 0.939 bits per heavy atom. The molecule has 2 saturated carbocycles. The second-order valence-corrected chi connectivity index (χ2v) is 10.0. The molecule has 2 heterocycles. The number of nitrogens with one attached hydrogen (secondary N) is 2. The summed E-state index contributed by atoms with van der Waals surface area (Å²) in [5.74, 6) is 0.754. The van der Waals surface area contributed by atoms with E-state index in [4.69, 9.17) is 4.98 Å². The number of hydrogen-bond donors (Lipinski definition) is 2. The van der Waals surface area contributed by atoms with E-state index in [1.54, 1.807) is 0 Å². The van der Waals surface area contributed by atoms with E-state index in [-0.39, 0.29) is 0 Å². The molecule has 176 valence electrons. The monoisotopic (exact) mass is 445 g/mol. The van der Waals surface area contributed by atoms with E-state index >= 15 is 0 Å². The largest absolute Gasteiger partial charge is 0.382 e. The second-order valence-electron chi connectivity index (χ2n) is 10.0. The van der Waals surface area contributed by atoms with Crippen LogP contribution in [0.5, 0.6) is 0 Å². The molecule has 0 atom stereocenters. The Balaban J connectivity index is 1.44. The Kier molecular flexibility index (Phi) is 7.13. The van der Waals surface area contributed by atoms with Crippen LogP contribution in [0, 0.1) is 0 Å². The summed E-state index contributed by atoms with van der Waals surface area (Å²) in [6.45, 7) is 3.14. The number of unbranched alkanes of at least 4 members (excludes halogenated alkanes) is 1. The minimum Gasteiger partial charge on any atom is -0.382 e. The lowest BCUT2D eigenvalue weighted by molar-refractivity contribution is 0.360. The number of benzene rings is 1. The molecule has 1 aromatic carbocycles. The minimum atomic E-state index is 0.542. The molecule has 0 spiro atoms. The zero-order chi connectivity index (χ0) is 22.5. The van der Waals surface area contributed by atoms with Gasteiger partial charge in [0.15, 0.2) is 0 Å². The molecule has 0 unspecified atom stereocenters. The van der Waals surface area contributed by atoms with Gasteiger partial charge < -0.3 is 15.2 Å². The third kappa shape index (κ3) is 5.18. The highest BCUT2D eigenvalue weighted by Crippen LogP contribution is 2.37. The predicted molar refractivity (Wildman–Crippen MR) is 139 cm³/mol. The van der Waals surface area contributed by atoms with E-state index in [1.807, 2.05) is 6.20 Å². The molecule has 5 heteroatoms. The molecule has 2 fully saturated rings. The van der Waals surface area contributed by atoms with E-state index in [2.05, 4.69) is 57.6 Å². The number of anilines is 2. The normalized spacial score (nSPS) is 18.0. The summed E-state index contributed by atoms with van der Waals surface area (Å²) in [5.41, 5.74) is 4.81. The lowest BCUT2D eigenvalue weighted by atomic mass is 9.95. The quantitative estimate of drug-likeness (QED) is 0.351. The van der Waals surface area contributed by atoms with Crippen molar-refractivity contribution in [3.63, 3.8) is 0 Å². The van der Waals surface area contributed by atoms with E-state index in [0.717, 1.165) is 29.9 Å². The molecule has 5 nitrogen and oxygen atoms in total. The summed E-state index contributed by atoms with van der Waals surface area (Å²) in [5, 5.41) is 8.33.